The van der Waals surface area contributed by atoms with Gasteiger partial charge in [0.15, 0.2) is 0 Å². The Morgan fingerprint density at radius 1 is 1.21 bits per heavy atom. The van der Waals surface area contributed by atoms with Gasteiger partial charge < -0.3 is 9.47 Å². The fourth-order valence-corrected chi connectivity index (χ4v) is 1.92. The predicted octanol–water partition coefficient (Wildman–Crippen LogP) is 0.456. The molecule has 6 nitrogen and oxygen atoms in total. The highest BCUT2D eigenvalue weighted by molar-refractivity contribution is 7.89. The van der Waals surface area contributed by atoms with Gasteiger partial charge in [-0.3, -0.25) is 4.79 Å². The second-order valence-electron chi connectivity index (χ2n) is 3.90. The normalized spacial score (nSPS) is 11.3. The summed E-state index contributed by atoms with van der Waals surface area (Å²) in [4.78, 5) is 11.4. The van der Waals surface area contributed by atoms with E-state index in [1.165, 1.54) is 19.2 Å². The highest BCUT2D eigenvalue weighted by Crippen LogP contribution is 2.10. The molecule has 1 aromatic rings. The lowest BCUT2D eigenvalue weighted by molar-refractivity contribution is -0.144. The average molecular weight is 287 g/mol. The van der Waals surface area contributed by atoms with E-state index in [-0.39, 0.29) is 23.9 Å². The number of primary sulfonamides is 1. The SMILES string of the molecule is COCCOC(=O)CCc1ccc(S(N)(=O)=O)cc1. The molecule has 0 aromatic heterocycles. The molecule has 0 bridgehead atoms. The maximum atomic E-state index is 11.3. The summed E-state index contributed by atoms with van der Waals surface area (Å²) < 4.78 is 31.8. The summed E-state index contributed by atoms with van der Waals surface area (Å²) >= 11 is 0. The predicted molar refractivity (Wildman–Crippen MR) is 69.0 cm³/mol. The summed E-state index contributed by atoms with van der Waals surface area (Å²) in [5.41, 5.74) is 0.844. The number of nitrogens with two attached hydrogens (primary N) is 1. The second-order valence-corrected chi connectivity index (χ2v) is 5.46. The summed E-state index contributed by atoms with van der Waals surface area (Å²) in [6.07, 6.45) is 0.717. The smallest absolute Gasteiger partial charge is 0.306 e. The Balaban J connectivity index is 2.44. The van der Waals surface area contributed by atoms with Crippen LogP contribution >= 0.6 is 0 Å². The van der Waals surface area contributed by atoms with Crippen LogP contribution in [0.4, 0.5) is 0 Å². The van der Waals surface area contributed by atoms with Crippen molar-refractivity contribution in [2.45, 2.75) is 17.7 Å². The van der Waals surface area contributed by atoms with Crippen LogP contribution in [0.2, 0.25) is 0 Å². The van der Waals surface area contributed by atoms with Crippen molar-refractivity contribution in [2.75, 3.05) is 20.3 Å². The van der Waals surface area contributed by atoms with E-state index in [2.05, 4.69) is 0 Å². The van der Waals surface area contributed by atoms with Crippen LogP contribution in [0.1, 0.15) is 12.0 Å². The zero-order valence-corrected chi connectivity index (χ0v) is 11.5. The molecule has 0 unspecified atom stereocenters. The maximum absolute atomic E-state index is 11.3. The largest absolute Gasteiger partial charge is 0.463 e. The molecule has 0 atom stereocenters. The van der Waals surface area contributed by atoms with E-state index in [9.17, 15) is 13.2 Å². The molecule has 0 radical (unpaired) electrons. The van der Waals surface area contributed by atoms with Crippen molar-refractivity contribution in [1.82, 2.24) is 0 Å². The number of carbonyl (C=O) groups excluding carboxylic acids is 1. The molecule has 0 amide bonds. The molecule has 1 rings (SSSR count). The molecular formula is C12H17NO5S. The number of benzene rings is 1. The number of methoxy groups -OCH3 is 1. The minimum absolute atomic E-state index is 0.0546. The lowest BCUT2D eigenvalue weighted by Gasteiger charge is -2.05. The molecular weight excluding hydrogens is 270 g/mol. The first kappa shape index (κ1) is 15.6. The first-order chi connectivity index (χ1) is 8.93. The van der Waals surface area contributed by atoms with Crippen molar-refractivity contribution in [2.24, 2.45) is 5.14 Å². The Hall–Kier alpha value is -1.44. The van der Waals surface area contributed by atoms with Gasteiger partial charge in [-0.25, -0.2) is 13.6 Å². The quantitative estimate of drug-likeness (QED) is 0.580. The van der Waals surface area contributed by atoms with E-state index >= 15 is 0 Å². The second kappa shape index (κ2) is 7.22. The van der Waals surface area contributed by atoms with Crippen LogP contribution < -0.4 is 5.14 Å². The van der Waals surface area contributed by atoms with Crippen LogP contribution in [-0.4, -0.2) is 34.7 Å². The summed E-state index contributed by atoms with van der Waals surface area (Å²) in [5.74, 6) is -0.312. The molecule has 0 spiro atoms. The zero-order chi connectivity index (χ0) is 14.3. The summed E-state index contributed by atoms with van der Waals surface area (Å²) in [5, 5.41) is 4.98. The third-order valence-electron chi connectivity index (χ3n) is 2.42. The number of hydrogen-bond donors (Lipinski definition) is 1. The van der Waals surface area contributed by atoms with E-state index < -0.39 is 10.0 Å². The summed E-state index contributed by atoms with van der Waals surface area (Å²) in [6, 6.07) is 6.09. The Morgan fingerprint density at radius 2 is 1.84 bits per heavy atom. The molecule has 106 valence electrons. The van der Waals surface area contributed by atoms with Gasteiger partial charge in [-0.05, 0) is 24.1 Å². The molecule has 2 N–H and O–H groups in total. The van der Waals surface area contributed by atoms with Crippen molar-refractivity contribution in [3.63, 3.8) is 0 Å². The van der Waals surface area contributed by atoms with Gasteiger partial charge in [0.1, 0.15) is 6.61 Å². The number of aryl methyl sites for hydroxylation is 1. The summed E-state index contributed by atoms with van der Waals surface area (Å²) in [6.45, 7) is 0.606. The molecule has 0 aliphatic heterocycles. The van der Waals surface area contributed by atoms with Gasteiger partial charge >= 0.3 is 5.97 Å². The Morgan fingerprint density at radius 3 is 2.37 bits per heavy atom. The lowest BCUT2D eigenvalue weighted by Crippen LogP contribution is -2.12. The lowest BCUT2D eigenvalue weighted by atomic mass is 10.1. The minimum Gasteiger partial charge on any atom is -0.463 e. The Bertz CT molecular complexity index is 509. The molecule has 7 heteroatoms. The molecule has 0 aliphatic rings. The third kappa shape index (κ3) is 5.82. The number of esters is 1. The van der Waals surface area contributed by atoms with E-state index in [1.807, 2.05) is 0 Å². The molecule has 1 aromatic carbocycles. The highest BCUT2D eigenvalue weighted by atomic mass is 32.2. The molecule has 0 saturated carbocycles. The van der Waals surface area contributed by atoms with Crippen molar-refractivity contribution < 1.29 is 22.7 Å². The van der Waals surface area contributed by atoms with Gasteiger partial charge in [-0.1, -0.05) is 12.1 Å². The molecule has 19 heavy (non-hydrogen) atoms. The number of sulfonamides is 1. The monoisotopic (exact) mass is 287 g/mol. The standard InChI is InChI=1S/C12H17NO5S/c1-17-8-9-18-12(14)7-4-10-2-5-11(6-3-10)19(13,15)16/h2-3,5-6H,4,7-9H2,1H3,(H2,13,15,16). The van der Waals surface area contributed by atoms with Crippen molar-refractivity contribution >= 4 is 16.0 Å². The van der Waals surface area contributed by atoms with Gasteiger partial charge in [-0.2, -0.15) is 0 Å². The van der Waals surface area contributed by atoms with Gasteiger partial charge in [0.05, 0.1) is 11.5 Å². The Kier molecular flexibility index (Phi) is 5.94. The zero-order valence-electron chi connectivity index (χ0n) is 10.7. The van der Waals surface area contributed by atoms with Gasteiger partial charge in [0, 0.05) is 13.5 Å². The van der Waals surface area contributed by atoms with Crippen molar-refractivity contribution in [3.05, 3.63) is 29.8 Å². The van der Waals surface area contributed by atoms with Crippen LogP contribution in [-0.2, 0) is 30.7 Å². The fourth-order valence-electron chi connectivity index (χ4n) is 1.40. The topological polar surface area (TPSA) is 95.7 Å². The molecule has 0 fully saturated rings. The summed E-state index contributed by atoms with van der Waals surface area (Å²) in [7, 11) is -2.14. The highest BCUT2D eigenvalue weighted by Gasteiger charge is 2.08. The van der Waals surface area contributed by atoms with Crippen molar-refractivity contribution in [3.8, 4) is 0 Å². The van der Waals surface area contributed by atoms with E-state index in [1.54, 1.807) is 12.1 Å². The van der Waals surface area contributed by atoms with Crippen LogP contribution in [0.3, 0.4) is 0 Å². The van der Waals surface area contributed by atoms with Crippen LogP contribution in [0.5, 0.6) is 0 Å². The molecule has 0 saturated heterocycles. The Labute approximate surface area is 112 Å². The minimum atomic E-state index is -3.67. The van der Waals surface area contributed by atoms with Crippen LogP contribution in [0, 0.1) is 0 Å². The van der Waals surface area contributed by atoms with Gasteiger partial charge in [0.2, 0.25) is 10.0 Å². The van der Waals surface area contributed by atoms with Crippen molar-refractivity contribution in [1.29, 1.82) is 0 Å². The van der Waals surface area contributed by atoms with Gasteiger partial charge in [-0.15, -0.1) is 0 Å². The van der Waals surface area contributed by atoms with E-state index in [0.29, 0.717) is 13.0 Å². The number of carbonyl (C=O) groups is 1. The number of rotatable bonds is 7. The first-order valence-corrected chi connectivity index (χ1v) is 7.24. The fraction of sp³-hybridized carbons (Fsp3) is 0.417. The van der Waals surface area contributed by atoms with Crippen LogP contribution in [0.25, 0.3) is 0 Å². The van der Waals surface area contributed by atoms with Crippen LogP contribution in [0.15, 0.2) is 29.2 Å². The maximum Gasteiger partial charge on any atom is 0.306 e. The number of hydrogen-bond acceptors (Lipinski definition) is 5. The van der Waals surface area contributed by atoms with Gasteiger partial charge in [0.25, 0.3) is 0 Å². The van der Waals surface area contributed by atoms with E-state index in [4.69, 9.17) is 14.6 Å². The molecule has 0 heterocycles. The third-order valence-corrected chi connectivity index (χ3v) is 3.35. The first-order valence-electron chi connectivity index (χ1n) is 5.70. The van der Waals surface area contributed by atoms with E-state index in [0.717, 1.165) is 5.56 Å². The molecule has 0 aliphatic carbocycles. The number of ether oxygens (including phenoxy) is 2. The average Bonchev–Trinajstić information content (AvgIpc) is 2.36.